The Bertz CT molecular complexity index is 1160. The summed E-state index contributed by atoms with van der Waals surface area (Å²) < 4.78 is 23.6. The first-order chi connectivity index (χ1) is 14.4. The number of para-hydroxylation sites is 1. The van der Waals surface area contributed by atoms with Gasteiger partial charge in [-0.2, -0.15) is 0 Å². The van der Waals surface area contributed by atoms with Crippen LogP contribution in [-0.4, -0.2) is 38.7 Å². The molecule has 0 radical (unpaired) electrons. The third-order valence-corrected chi connectivity index (χ3v) is 6.06. The zero-order valence-electron chi connectivity index (χ0n) is 18.1. The first-order valence-electron chi connectivity index (χ1n) is 10.0. The molecule has 0 aliphatic carbocycles. The van der Waals surface area contributed by atoms with Gasteiger partial charge in [-0.05, 0) is 49.1 Å². The van der Waals surface area contributed by atoms with Crippen molar-refractivity contribution in [1.82, 2.24) is 15.6 Å². The molecule has 0 saturated carbocycles. The fraction of sp³-hybridized carbons (Fsp3) is 0.304. The maximum atomic E-state index is 11.8. The summed E-state index contributed by atoms with van der Waals surface area (Å²) in [5.74, 6) is 0.732. The average molecular weight is 552 g/mol. The van der Waals surface area contributed by atoms with Crippen LogP contribution >= 0.6 is 24.0 Å². The third kappa shape index (κ3) is 6.90. The summed E-state index contributed by atoms with van der Waals surface area (Å²) in [6.07, 6.45) is 3.88. The number of halogens is 1. The summed E-state index contributed by atoms with van der Waals surface area (Å²) in [4.78, 5) is 9.51. The Kier molecular flexibility index (Phi) is 9.24. The maximum Gasteiger partial charge on any atom is 0.191 e. The van der Waals surface area contributed by atoms with Gasteiger partial charge in [-0.15, -0.1) is 24.0 Å². The highest BCUT2D eigenvalue weighted by Gasteiger charge is 2.10. The van der Waals surface area contributed by atoms with Crippen molar-refractivity contribution in [1.29, 1.82) is 0 Å². The second kappa shape index (κ2) is 11.4. The first kappa shape index (κ1) is 25.1. The molecule has 31 heavy (non-hydrogen) atoms. The summed E-state index contributed by atoms with van der Waals surface area (Å²) in [7, 11) is -3.21. The number of guanidine groups is 1. The van der Waals surface area contributed by atoms with Crippen molar-refractivity contribution in [2.75, 3.05) is 19.3 Å². The number of hydrogen-bond donors (Lipinski definition) is 2. The summed E-state index contributed by atoms with van der Waals surface area (Å²) in [5.41, 5.74) is 3.94. The van der Waals surface area contributed by atoms with E-state index >= 15 is 0 Å². The Morgan fingerprint density at radius 2 is 1.87 bits per heavy atom. The van der Waals surface area contributed by atoms with E-state index in [2.05, 4.69) is 44.9 Å². The molecule has 0 spiro atoms. The molecule has 0 bridgehead atoms. The lowest BCUT2D eigenvalue weighted by Gasteiger charge is -2.12. The van der Waals surface area contributed by atoms with Gasteiger partial charge >= 0.3 is 0 Å². The smallest absolute Gasteiger partial charge is 0.191 e. The van der Waals surface area contributed by atoms with Crippen LogP contribution in [0.1, 0.15) is 23.6 Å². The maximum absolute atomic E-state index is 11.8. The minimum atomic E-state index is -3.21. The van der Waals surface area contributed by atoms with Crippen LogP contribution in [0.15, 0.2) is 64.6 Å². The molecule has 166 valence electrons. The zero-order valence-corrected chi connectivity index (χ0v) is 21.2. The minimum absolute atomic E-state index is 0. The number of nitrogens with zero attached hydrogens (tertiary/aromatic N) is 2. The average Bonchev–Trinajstić information content (AvgIpc) is 2.71. The molecule has 0 amide bonds. The van der Waals surface area contributed by atoms with Gasteiger partial charge in [0.2, 0.25) is 0 Å². The monoisotopic (exact) mass is 552 g/mol. The number of aromatic nitrogens is 1. The number of hydrogen-bond acceptors (Lipinski definition) is 4. The van der Waals surface area contributed by atoms with Gasteiger partial charge in [-0.1, -0.05) is 36.4 Å². The van der Waals surface area contributed by atoms with Gasteiger partial charge in [-0.3, -0.25) is 4.98 Å². The van der Waals surface area contributed by atoms with Crippen molar-refractivity contribution >= 4 is 50.7 Å². The van der Waals surface area contributed by atoms with Gasteiger partial charge in [0.25, 0.3) is 0 Å². The predicted octanol–water partition coefficient (Wildman–Crippen LogP) is 3.86. The SMILES string of the molecule is CCNC(=NCc1ccc(S(C)(=O)=O)c(C)c1)NCCc1cccc2cccnc12.I. The summed E-state index contributed by atoms with van der Waals surface area (Å²) in [5, 5.41) is 7.77. The quantitative estimate of drug-likeness (QED) is 0.264. The van der Waals surface area contributed by atoms with E-state index in [1.165, 1.54) is 11.8 Å². The third-order valence-electron chi connectivity index (χ3n) is 4.81. The molecule has 6 nitrogen and oxygen atoms in total. The molecule has 8 heteroatoms. The van der Waals surface area contributed by atoms with Crippen LogP contribution in [0.2, 0.25) is 0 Å². The number of nitrogens with one attached hydrogen (secondary N) is 2. The molecule has 0 atom stereocenters. The Balaban J connectivity index is 0.00000341. The number of rotatable bonds is 7. The van der Waals surface area contributed by atoms with Crippen molar-refractivity contribution in [3.8, 4) is 0 Å². The molecule has 0 unspecified atom stereocenters. The largest absolute Gasteiger partial charge is 0.357 e. The molecule has 1 aromatic heterocycles. The molecule has 0 aliphatic rings. The molecule has 1 heterocycles. The molecule has 3 aromatic rings. The molecular formula is C23H29IN4O2S. The Labute approximate surface area is 201 Å². The van der Waals surface area contributed by atoms with E-state index in [9.17, 15) is 8.42 Å². The second-order valence-corrected chi connectivity index (χ2v) is 9.22. The highest BCUT2D eigenvalue weighted by molar-refractivity contribution is 14.0. The Hall–Kier alpha value is -2.20. The normalized spacial score (nSPS) is 11.8. The van der Waals surface area contributed by atoms with E-state index in [1.54, 1.807) is 6.07 Å². The lowest BCUT2D eigenvalue weighted by Crippen LogP contribution is -2.38. The lowest BCUT2D eigenvalue weighted by atomic mass is 10.1. The minimum Gasteiger partial charge on any atom is -0.357 e. The topological polar surface area (TPSA) is 83.5 Å². The number of fused-ring (bicyclic) bond motifs is 1. The van der Waals surface area contributed by atoms with Crippen LogP contribution in [0.5, 0.6) is 0 Å². The molecule has 0 fully saturated rings. The summed E-state index contributed by atoms with van der Waals surface area (Å²) in [6, 6.07) is 15.6. The van der Waals surface area contributed by atoms with Gasteiger partial charge in [0, 0.05) is 30.9 Å². The van der Waals surface area contributed by atoms with Crippen molar-refractivity contribution < 1.29 is 8.42 Å². The van der Waals surface area contributed by atoms with E-state index in [0.717, 1.165) is 47.5 Å². The van der Waals surface area contributed by atoms with Gasteiger partial charge in [0.1, 0.15) is 0 Å². The van der Waals surface area contributed by atoms with Crippen molar-refractivity contribution in [2.24, 2.45) is 4.99 Å². The second-order valence-electron chi connectivity index (χ2n) is 7.24. The number of aliphatic imine (C=N–C) groups is 1. The van der Waals surface area contributed by atoms with Gasteiger partial charge in [0.05, 0.1) is 17.0 Å². The number of sulfone groups is 1. The fourth-order valence-electron chi connectivity index (χ4n) is 3.42. The molecule has 2 aromatic carbocycles. The van der Waals surface area contributed by atoms with Crippen LogP contribution < -0.4 is 10.6 Å². The zero-order chi connectivity index (χ0) is 21.6. The van der Waals surface area contributed by atoms with Crippen LogP contribution in [0.3, 0.4) is 0 Å². The highest BCUT2D eigenvalue weighted by atomic mass is 127. The van der Waals surface area contributed by atoms with E-state index in [1.807, 2.05) is 38.2 Å². The molecular weight excluding hydrogens is 523 g/mol. The molecule has 0 aliphatic heterocycles. The van der Waals surface area contributed by atoms with Crippen LogP contribution in [0.4, 0.5) is 0 Å². The van der Waals surface area contributed by atoms with Gasteiger partial charge in [-0.25, -0.2) is 13.4 Å². The van der Waals surface area contributed by atoms with E-state index in [0.29, 0.717) is 11.4 Å². The van der Waals surface area contributed by atoms with E-state index < -0.39 is 9.84 Å². The van der Waals surface area contributed by atoms with Crippen LogP contribution in [0.25, 0.3) is 10.9 Å². The summed E-state index contributed by atoms with van der Waals surface area (Å²) in [6.45, 7) is 5.79. The summed E-state index contributed by atoms with van der Waals surface area (Å²) >= 11 is 0. The number of aryl methyl sites for hydroxylation is 1. The van der Waals surface area contributed by atoms with Crippen molar-refractivity contribution in [2.45, 2.75) is 31.7 Å². The molecule has 2 N–H and O–H groups in total. The van der Waals surface area contributed by atoms with Crippen molar-refractivity contribution in [3.63, 3.8) is 0 Å². The predicted molar refractivity (Wildman–Crippen MR) is 138 cm³/mol. The molecule has 3 rings (SSSR count). The number of pyridine rings is 1. The Morgan fingerprint density at radius 1 is 1.10 bits per heavy atom. The standard InChI is InChI=1S/C23H28N4O2S.HI/c1-4-24-23(27-16-18-10-11-21(17(2)15-18)30(3,28)29)26-14-12-20-8-5-7-19-9-6-13-25-22(19)20;/h5-11,13,15H,4,12,14,16H2,1-3H3,(H2,24,26,27);1H. The highest BCUT2D eigenvalue weighted by Crippen LogP contribution is 2.17. The number of benzene rings is 2. The van der Waals surface area contributed by atoms with E-state index in [-0.39, 0.29) is 24.0 Å². The van der Waals surface area contributed by atoms with Gasteiger partial charge in [0.15, 0.2) is 15.8 Å². The lowest BCUT2D eigenvalue weighted by molar-refractivity contribution is 0.601. The first-order valence-corrected chi connectivity index (χ1v) is 11.9. The fourth-order valence-corrected chi connectivity index (χ4v) is 4.38. The van der Waals surface area contributed by atoms with Crippen LogP contribution in [-0.2, 0) is 22.8 Å². The molecule has 0 saturated heterocycles. The van der Waals surface area contributed by atoms with E-state index in [4.69, 9.17) is 0 Å². The van der Waals surface area contributed by atoms with Crippen molar-refractivity contribution in [3.05, 3.63) is 71.4 Å². The Morgan fingerprint density at radius 3 is 2.58 bits per heavy atom. The van der Waals surface area contributed by atoms with Gasteiger partial charge < -0.3 is 10.6 Å². The van der Waals surface area contributed by atoms with Crippen LogP contribution in [0, 0.1) is 6.92 Å².